The number of benzene rings is 3. The van der Waals surface area contributed by atoms with Crippen LogP contribution in [-0.4, -0.2) is 16.9 Å². The molecule has 3 N–H and O–H groups in total. The van der Waals surface area contributed by atoms with E-state index in [1.807, 2.05) is 61.5 Å². The van der Waals surface area contributed by atoms with Crippen molar-refractivity contribution in [1.29, 1.82) is 0 Å². The number of amides is 2. The highest BCUT2D eigenvalue weighted by Crippen LogP contribution is 2.10. The maximum absolute atomic E-state index is 12.3. The van der Waals surface area contributed by atoms with Crippen LogP contribution >= 0.6 is 12.2 Å². The lowest BCUT2D eigenvalue weighted by atomic mass is 10.1. The Labute approximate surface area is 187 Å². The molecule has 5 nitrogen and oxygen atoms in total. The summed E-state index contributed by atoms with van der Waals surface area (Å²) in [5.74, 6) is -0.484. The van der Waals surface area contributed by atoms with Crippen LogP contribution in [0.3, 0.4) is 0 Å². The molecule has 0 saturated heterocycles. The fraction of sp³-hybridized carbons (Fsp3) is 0.0800. The van der Waals surface area contributed by atoms with Gasteiger partial charge in [0.2, 0.25) is 5.91 Å². The van der Waals surface area contributed by atoms with Gasteiger partial charge in [-0.05, 0) is 60.6 Å². The maximum atomic E-state index is 12.3. The summed E-state index contributed by atoms with van der Waals surface area (Å²) in [6.45, 7) is 2.47. The van der Waals surface area contributed by atoms with Crippen molar-refractivity contribution in [2.24, 2.45) is 0 Å². The third kappa shape index (κ3) is 7.21. The predicted molar refractivity (Wildman–Crippen MR) is 129 cm³/mol. The van der Waals surface area contributed by atoms with Crippen molar-refractivity contribution in [3.63, 3.8) is 0 Å². The van der Waals surface area contributed by atoms with Crippen LogP contribution in [0.15, 0.2) is 84.9 Å². The van der Waals surface area contributed by atoms with Crippen LogP contribution < -0.4 is 16.0 Å². The molecule has 0 atom stereocenters. The molecule has 3 aromatic rings. The van der Waals surface area contributed by atoms with E-state index < -0.39 is 0 Å². The van der Waals surface area contributed by atoms with E-state index >= 15 is 0 Å². The van der Waals surface area contributed by atoms with E-state index in [4.69, 9.17) is 12.2 Å². The van der Waals surface area contributed by atoms with Gasteiger partial charge in [0.05, 0.1) is 0 Å². The summed E-state index contributed by atoms with van der Waals surface area (Å²) < 4.78 is 0. The Hall–Kier alpha value is -3.77. The molecule has 0 fully saturated rings. The van der Waals surface area contributed by atoms with Crippen molar-refractivity contribution in [3.05, 3.63) is 107 Å². The number of carbonyl (C=O) groups is 2. The zero-order valence-electron chi connectivity index (χ0n) is 17.1. The molecular weight excluding hydrogens is 406 g/mol. The fourth-order valence-corrected chi connectivity index (χ4v) is 2.97. The van der Waals surface area contributed by atoms with E-state index in [2.05, 4.69) is 16.0 Å². The van der Waals surface area contributed by atoms with Gasteiger partial charge in [0.25, 0.3) is 5.91 Å². The Balaban J connectivity index is 1.47. The second kappa shape index (κ2) is 10.8. The van der Waals surface area contributed by atoms with Gasteiger partial charge >= 0.3 is 0 Å². The number of thiocarbonyl (C=S) groups is 1. The van der Waals surface area contributed by atoms with Crippen LogP contribution in [0.25, 0.3) is 6.08 Å². The zero-order chi connectivity index (χ0) is 22.1. The molecule has 0 bridgehead atoms. The molecule has 156 valence electrons. The van der Waals surface area contributed by atoms with Gasteiger partial charge in [-0.25, -0.2) is 0 Å². The fourth-order valence-electron chi connectivity index (χ4n) is 2.75. The third-order valence-electron chi connectivity index (χ3n) is 4.44. The van der Waals surface area contributed by atoms with Gasteiger partial charge in [-0.3, -0.25) is 14.9 Å². The summed E-state index contributed by atoms with van der Waals surface area (Å²) in [5, 5.41) is 8.60. The minimum Gasteiger partial charge on any atom is -0.348 e. The van der Waals surface area contributed by atoms with Gasteiger partial charge in [0.15, 0.2) is 5.11 Å². The number of carbonyl (C=O) groups excluding carboxylic acids is 2. The minimum absolute atomic E-state index is 0.160. The highest BCUT2D eigenvalue weighted by molar-refractivity contribution is 7.80. The lowest BCUT2D eigenvalue weighted by Gasteiger charge is -2.09. The first kappa shape index (κ1) is 21.9. The molecule has 0 aliphatic rings. The van der Waals surface area contributed by atoms with E-state index in [0.717, 1.165) is 16.7 Å². The standard InChI is InChI=1S/C25H23N3O2S/c1-18-7-9-19(10-8-18)11-16-23(29)28-25(31)27-22-14-12-21(13-15-22)24(30)26-17-20-5-3-2-4-6-20/h2-16H,17H2,1H3,(H,26,30)(H2,27,28,29,31)/b16-11+. The second-order valence-corrected chi connectivity index (χ2v) is 7.34. The highest BCUT2D eigenvalue weighted by atomic mass is 32.1. The third-order valence-corrected chi connectivity index (χ3v) is 4.65. The smallest absolute Gasteiger partial charge is 0.251 e. The molecule has 0 spiro atoms. The van der Waals surface area contributed by atoms with E-state index in [0.29, 0.717) is 17.8 Å². The number of aryl methyl sites for hydroxylation is 1. The second-order valence-electron chi connectivity index (χ2n) is 6.93. The van der Waals surface area contributed by atoms with Gasteiger partial charge < -0.3 is 10.6 Å². The first-order valence-electron chi connectivity index (χ1n) is 9.78. The topological polar surface area (TPSA) is 70.2 Å². The van der Waals surface area contributed by atoms with Crippen molar-refractivity contribution < 1.29 is 9.59 Å². The summed E-state index contributed by atoms with van der Waals surface area (Å²) in [4.78, 5) is 24.3. The summed E-state index contributed by atoms with van der Waals surface area (Å²) in [5.41, 5.74) is 4.34. The first-order valence-corrected chi connectivity index (χ1v) is 10.2. The van der Waals surface area contributed by atoms with Crippen LogP contribution in [-0.2, 0) is 11.3 Å². The monoisotopic (exact) mass is 429 g/mol. The molecule has 0 radical (unpaired) electrons. The van der Waals surface area contributed by atoms with E-state index in [1.165, 1.54) is 6.08 Å². The largest absolute Gasteiger partial charge is 0.348 e. The number of nitrogens with one attached hydrogen (secondary N) is 3. The minimum atomic E-state index is -0.324. The van der Waals surface area contributed by atoms with Crippen molar-refractivity contribution >= 4 is 40.9 Å². The Bertz CT molecular complexity index is 1080. The Kier molecular flexibility index (Phi) is 7.67. The summed E-state index contributed by atoms with van der Waals surface area (Å²) in [7, 11) is 0. The average Bonchev–Trinajstić information content (AvgIpc) is 2.78. The van der Waals surface area contributed by atoms with Crippen LogP contribution in [0.4, 0.5) is 5.69 Å². The van der Waals surface area contributed by atoms with Crippen molar-refractivity contribution in [1.82, 2.24) is 10.6 Å². The molecule has 0 saturated carbocycles. The van der Waals surface area contributed by atoms with Gasteiger partial charge in [0.1, 0.15) is 0 Å². The summed E-state index contributed by atoms with van der Waals surface area (Å²) >= 11 is 5.18. The van der Waals surface area contributed by atoms with Gasteiger partial charge in [-0.2, -0.15) is 0 Å². The highest BCUT2D eigenvalue weighted by Gasteiger charge is 2.06. The molecule has 0 heterocycles. The molecule has 0 aliphatic carbocycles. The van der Waals surface area contributed by atoms with Gasteiger partial charge in [-0.15, -0.1) is 0 Å². The molecule has 0 aromatic heterocycles. The number of anilines is 1. The zero-order valence-corrected chi connectivity index (χ0v) is 17.9. The molecule has 0 unspecified atom stereocenters. The van der Waals surface area contributed by atoms with Crippen LogP contribution in [0.1, 0.15) is 27.0 Å². The Morgan fingerprint density at radius 2 is 1.58 bits per heavy atom. The normalized spacial score (nSPS) is 10.5. The van der Waals surface area contributed by atoms with E-state index in [9.17, 15) is 9.59 Å². The van der Waals surface area contributed by atoms with Gasteiger partial charge in [0, 0.05) is 23.9 Å². The summed E-state index contributed by atoms with van der Waals surface area (Å²) in [6.07, 6.45) is 3.15. The number of rotatable bonds is 6. The van der Waals surface area contributed by atoms with E-state index in [1.54, 1.807) is 30.3 Å². The summed E-state index contributed by atoms with van der Waals surface area (Å²) in [6, 6.07) is 24.4. The molecular formula is C25H23N3O2S. The average molecular weight is 430 g/mol. The predicted octanol–water partition coefficient (Wildman–Crippen LogP) is 4.45. The van der Waals surface area contributed by atoms with Crippen LogP contribution in [0.2, 0.25) is 0 Å². The Morgan fingerprint density at radius 1 is 0.903 bits per heavy atom. The number of hydrogen-bond acceptors (Lipinski definition) is 3. The van der Waals surface area contributed by atoms with Gasteiger partial charge in [-0.1, -0.05) is 60.2 Å². The Morgan fingerprint density at radius 3 is 2.26 bits per heavy atom. The molecule has 3 rings (SSSR count). The van der Waals surface area contributed by atoms with E-state index in [-0.39, 0.29) is 16.9 Å². The number of hydrogen-bond donors (Lipinski definition) is 3. The molecule has 31 heavy (non-hydrogen) atoms. The molecule has 3 aromatic carbocycles. The van der Waals surface area contributed by atoms with Crippen molar-refractivity contribution in [2.75, 3.05) is 5.32 Å². The lowest BCUT2D eigenvalue weighted by Crippen LogP contribution is -2.32. The molecule has 6 heteroatoms. The lowest BCUT2D eigenvalue weighted by molar-refractivity contribution is -0.115. The molecule has 0 aliphatic heterocycles. The maximum Gasteiger partial charge on any atom is 0.251 e. The van der Waals surface area contributed by atoms with Crippen LogP contribution in [0.5, 0.6) is 0 Å². The molecule has 2 amide bonds. The van der Waals surface area contributed by atoms with Crippen molar-refractivity contribution in [3.8, 4) is 0 Å². The SMILES string of the molecule is Cc1ccc(/C=C/C(=O)NC(=S)Nc2ccc(C(=O)NCc3ccccc3)cc2)cc1. The van der Waals surface area contributed by atoms with Crippen molar-refractivity contribution in [2.45, 2.75) is 13.5 Å². The first-order chi connectivity index (χ1) is 15.0. The van der Waals surface area contributed by atoms with Crippen LogP contribution in [0, 0.1) is 6.92 Å². The quantitative estimate of drug-likeness (QED) is 0.400.